The number of aromatic nitrogens is 2. The summed E-state index contributed by atoms with van der Waals surface area (Å²) in [6, 6.07) is 9.31. The summed E-state index contributed by atoms with van der Waals surface area (Å²) in [5, 5.41) is 3.71. The average molecular weight is 349 g/mol. The molecule has 2 atom stereocenters. The van der Waals surface area contributed by atoms with Crippen molar-refractivity contribution in [2.75, 3.05) is 30.3 Å². The van der Waals surface area contributed by atoms with Gasteiger partial charge < -0.3 is 16.0 Å². The molecule has 1 aromatic carbocycles. The summed E-state index contributed by atoms with van der Waals surface area (Å²) < 4.78 is 0. The van der Waals surface area contributed by atoms with E-state index in [0.717, 1.165) is 49.8 Å². The number of aryl methyl sites for hydroxylation is 1. The molecule has 3 heterocycles. The predicted molar refractivity (Wildman–Crippen MR) is 105 cm³/mol. The number of hydrogen-bond donors (Lipinski definition) is 2. The van der Waals surface area contributed by atoms with Gasteiger partial charge in [-0.2, -0.15) is 4.98 Å². The minimum atomic E-state index is 0.402. The molecule has 1 aromatic heterocycles. The minimum absolute atomic E-state index is 0.402. The molecule has 0 amide bonds. The summed E-state index contributed by atoms with van der Waals surface area (Å²) >= 11 is 0. The Kier molecular flexibility index (Phi) is 4.04. The summed E-state index contributed by atoms with van der Waals surface area (Å²) in [7, 11) is 0. The Labute approximate surface area is 155 Å². The maximum atomic E-state index is 6.17. The normalized spacial score (nSPS) is 25.0. The Bertz CT molecular complexity index is 818. The molecule has 5 rings (SSSR count). The Balaban J connectivity index is 1.56. The van der Waals surface area contributed by atoms with Crippen LogP contribution in [0, 0.1) is 5.92 Å². The number of nitrogens with zero attached hydrogens (tertiary/aromatic N) is 3. The van der Waals surface area contributed by atoms with Crippen LogP contribution in [0.4, 0.5) is 11.8 Å². The van der Waals surface area contributed by atoms with Gasteiger partial charge in [0.1, 0.15) is 5.82 Å². The van der Waals surface area contributed by atoms with Gasteiger partial charge in [-0.3, -0.25) is 0 Å². The molecule has 26 heavy (non-hydrogen) atoms. The molecule has 0 bridgehead atoms. The highest BCUT2D eigenvalue weighted by atomic mass is 15.2. The van der Waals surface area contributed by atoms with Crippen LogP contribution >= 0.6 is 0 Å². The van der Waals surface area contributed by atoms with E-state index in [4.69, 9.17) is 10.7 Å². The van der Waals surface area contributed by atoms with Crippen LogP contribution in [0.5, 0.6) is 0 Å². The first-order valence-corrected chi connectivity index (χ1v) is 10.0. The zero-order valence-corrected chi connectivity index (χ0v) is 15.2. The molecule has 2 aliphatic heterocycles. The molecule has 5 heteroatoms. The summed E-state index contributed by atoms with van der Waals surface area (Å²) in [5.74, 6) is 2.22. The van der Waals surface area contributed by atoms with Crippen molar-refractivity contribution in [3.8, 4) is 11.3 Å². The summed E-state index contributed by atoms with van der Waals surface area (Å²) in [6.45, 7) is 3.31. The van der Waals surface area contributed by atoms with Crippen molar-refractivity contribution in [2.24, 2.45) is 5.92 Å². The third-order valence-electron chi connectivity index (χ3n) is 6.34. The highest BCUT2D eigenvalue weighted by Gasteiger charge is 2.33. The summed E-state index contributed by atoms with van der Waals surface area (Å²) in [4.78, 5) is 11.9. The molecular weight excluding hydrogens is 322 g/mol. The topological polar surface area (TPSA) is 67.1 Å². The van der Waals surface area contributed by atoms with E-state index in [1.54, 1.807) is 0 Å². The van der Waals surface area contributed by atoms with Gasteiger partial charge >= 0.3 is 0 Å². The second-order valence-electron chi connectivity index (χ2n) is 7.94. The number of benzene rings is 1. The number of nitrogens with two attached hydrogens (primary N) is 1. The van der Waals surface area contributed by atoms with Gasteiger partial charge in [0.25, 0.3) is 0 Å². The fourth-order valence-corrected chi connectivity index (χ4v) is 5.07. The number of hydrogen-bond acceptors (Lipinski definition) is 5. The van der Waals surface area contributed by atoms with Crippen LogP contribution in [0.2, 0.25) is 0 Å². The lowest BCUT2D eigenvalue weighted by atomic mass is 9.85. The average Bonchev–Trinajstić information content (AvgIpc) is 2.86. The second-order valence-corrected chi connectivity index (χ2v) is 7.94. The van der Waals surface area contributed by atoms with E-state index in [1.165, 1.54) is 42.5 Å². The monoisotopic (exact) mass is 349 g/mol. The van der Waals surface area contributed by atoms with Gasteiger partial charge in [-0.25, -0.2) is 4.98 Å². The van der Waals surface area contributed by atoms with Crippen LogP contribution < -0.4 is 16.0 Å². The van der Waals surface area contributed by atoms with Gasteiger partial charge in [0.15, 0.2) is 0 Å². The molecule has 2 aromatic rings. The van der Waals surface area contributed by atoms with Gasteiger partial charge in [0.2, 0.25) is 5.95 Å². The van der Waals surface area contributed by atoms with E-state index in [1.807, 2.05) is 0 Å². The second kappa shape index (κ2) is 6.54. The number of nitrogen functional groups attached to an aromatic ring is 1. The SMILES string of the molecule is Nc1nc2c(c(N3CC[C@H]4NCCC[C@@H]4C3)n1)CCCc1ccccc1-2. The van der Waals surface area contributed by atoms with Crippen molar-refractivity contribution in [2.45, 2.75) is 44.6 Å². The molecule has 2 saturated heterocycles. The maximum Gasteiger partial charge on any atom is 0.222 e. The number of nitrogens with one attached hydrogen (secondary N) is 1. The molecule has 0 radical (unpaired) electrons. The van der Waals surface area contributed by atoms with E-state index in [-0.39, 0.29) is 0 Å². The van der Waals surface area contributed by atoms with E-state index in [9.17, 15) is 0 Å². The Morgan fingerprint density at radius 2 is 2.00 bits per heavy atom. The third kappa shape index (κ3) is 2.75. The largest absolute Gasteiger partial charge is 0.368 e. The number of piperidine rings is 2. The van der Waals surface area contributed by atoms with E-state index in [0.29, 0.717) is 12.0 Å². The molecule has 5 nitrogen and oxygen atoms in total. The maximum absolute atomic E-state index is 6.17. The molecule has 3 aliphatic rings. The molecule has 0 spiro atoms. The summed E-state index contributed by atoms with van der Waals surface area (Å²) in [6.07, 6.45) is 7.07. The van der Waals surface area contributed by atoms with Crippen LogP contribution in [0.25, 0.3) is 11.3 Å². The molecule has 2 fully saturated rings. The van der Waals surface area contributed by atoms with Crippen molar-refractivity contribution >= 4 is 11.8 Å². The van der Waals surface area contributed by atoms with E-state index >= 15 is 0 Å². The van der Waals surface area contributed by atoms with Crippen LogP contribution in [0.1, 0.15) is 36.8 Å². The van der Waals surface area contributed by atoms with Gasteiger partial charge in [-0.05, 0) is 56.6 Å². The first kappa shape index (κ1) is 16.1. The zero-order chi connectivity index (χ0) is 17.5. The molecule has 3 N–H and O–H groups in total. The third-order valence-corrected chi connectivity index (χ3v) is 6.34. The van der Waals surface area contributed by atoms with Crippen LogP contribution in [0.3, 0.4) is 0 Å². The standard InChI is InChI=1S/C21H27N5/c22-21-24-19-16-8-2-1-5-14(16)6-3-9-17(19)20(25-21)26-12-10-18-15(13-26)7-4-11-23-18/h1-2,5,8,15,18,23H,3-4,6-7,9-13H2,(H2,22,24,25)/t15-,18-/m1/s1. The van der Waals surface area contributed by atoms with Gasteiger partial charge in [0, 0.05) is 30.3 Å². The number of rotatable bonds is 1. The molecule has 1 aliphatic carbocycles. The predicted octanol–water partition coefficient (Wildman–Crippen LogP) is 2.79. The lowest BCUT2D eigenvalue weighted by Crippen LogP contribution is -2.52. The van der Waals surface area contributed by atoms with Crippen molar-refractivity contribution in [1.29, 1.82) is 0 Å². The Hall–Kier alpha value is -2.14. The highest BCUT2D eigenvalue weighted by molar-refractivity contribution is 5.74. The van der Waals surface area contributed by atoms with Crippen LogP contribution in [0.15, 0.2) is 24.3 Å². The quantitative estimate of drug-likeness (QED) is 0.829. The minimum Gasteiger partial charge on any atom is -0.368 e. The number of fused-ring (bicyclic) bond motifs is 4. The van der Waals surface area contributed by atoms with E-state index < -0.39 is 0 Å². The highest BCUT2D eigenvalue weighted by Crippen LogP contribution is 2.37. The Morgan fingerprint density at radius 3 is 2.96 bits per heavy atom. The van der Waals surface area contributed by atoms with Gasteiger partial charge in [0.05, 0.1) is 5.69 Å². The molecular formula is C21H27N5. The summed E-state index contributed by atoms with van der Waals surface area (Å²) in [5.41, 5.74) is 11.1. The van der Waals surface area contributed by atoms with Crippen molar-refractivity contribution < 1.29 is 0 Å². The smallest absolute Gasteiger partial charge is 0.222 e. The van der Waals surface area contributed by atoms with Crippen molar-refractivity contribution in [1.82, 2.24) is 15.3 Å². The fraction of sp³-hybridized carbons (Fsp3) is 0.524. The van der Waals surface area contributed by atoms with Gasteiger partial charge in [-0.1, -0.05) is 24.3 Å². The first-order chi connectivity index (χ1) is 12.8. The molecule has 0 saturated carbocycles. The van der Waals surface area contributed by atoms with Crippen LogP contribution in [-0.2, 0) is 12.8 Å². The lowest BCUT2D eigenvalue weighted by Gasteiger charge is -2.42. The lowest BCUT2D eigenvalue weighted by molar-refractivity contribution is 0.243. The van der Waals surface area contributed by atoms with Crippen LogP contribution in [-0.4, -0.2) is 35.6 Å². The Morgan fingerprint density at radius 1 is 1.08 bits per heavy atom. The first-order valence-electron chi connectivity index (χ1n) is 10.0. The zero-order valence-electron chi connectivity index (χ0n) is 15.2. The van der Waals surface area contributed by atoms with Crippen molar-refractivity contribution in [3.05, 3.63) is 35.4 Å². The van der Waals surface area contributed by atoms with Gasteiger partial charge in [-0.15, -0.1) is 0 Å². The number of anilines is 2. The molecule has 136 valence electrons. The van der Waals surface area contributed by atoms with Crippen molar-refractivity contribution in [3.63, 3.8) is 0 Å². The molecule has 0 unspecified atom stereocenters. The van der Waals surface area contributed by atoms with E-state index in [2.05, 4.69) is 39.5 Å². The fourth-order valence-electron chi connectivity index (χ4n) is 5.07.